The molecule has 0 radical (unpaired) electrons. The van der Waals surface area contributed by atoms with Crippen LogP contribution in [-0.2, 0) is 0 Å². The van der Waals surface area contributed by atoms with Gasteiger partial charge in [-0.3, -0.25) is 4.48 Å². The highest BCUT2D eigenvalue weighted by molar-refractivity contribution is 5.55. The van der Waals surface area contributed by atoms with E-state index in [0.29, 0.717) is 13.1 Å². The molecule has 1 aliphatic rings. The monoisotopic (exact) mass is 200 g/mol. The van der Waals surface area contributed by atoms with Crippen molar-refractivity contribution in [1.29, 1.82) is 0 Å². The first-order valence-corrected chi connectivity index (χ1v) is 5.15. The smallest absolute Gasteiger partial charge is 0.258 e. The van der Waals surface area contributed by atoms with Crippen LogP contribution >= 0.6 is 0 Å². The quantitative estimate of drug-likeness (QED) is 0.609. The van der Waals surface area contributed by atoms with Gasteiger partial charge in [0.2, 0.25) is 0 Å². The summed E-state index contributed by atoms with van der Waals surface area (Å²) >= 11 is 0. The summed E-state index contributed by atoms with van der Waals surface area (Å²) in [5, 5.41) is 11.3. The van der Waals surface area contributed by atoms with E-state index in [2.05, 4.69) is 0 Å². The van der Waals surface area contributed by atoms with Crippen LogP contribution in [-0.4, -0.2) is 35.2 Å². The molecule has 82 valence electrons. The summed E-state index contributed by atoms with van der Waals surface area (Å²) in [6.07, 6.45) is 0.833. The number of quaternary nitrogens is 1. The third kappa shape index (κ3) is 1.42. The van der Waals surface area contributed by atoms with Crippen LogP contribution in [0.4, 0.5) is 4.79 Å². The van der Waals surface area contributed by atoms with Gasteiger partial charge in [-0.15, -0.1) is 0 Å². The lowest BCUT2D eigenvalue weighted by Crippen LogP contribution is -2.71. The third-order valence-corrected chi connectivity index (χ3v) is 3.47. The summed E-state index contributed by atoms with van der Waals surface area (Å²) in [5.41, 5.74) is 5.30. The van der Waals surface area contributed by atoms with Crippen LogP contribution in [0.25, 0.3) is 0 Å². The Labute approximate surface area is 85.3 Å². The molecule has 2 N–H and O–H groups in total. The normalized spacial score (nSPS) is 33.3. The van der Waals surface area contributed by atoms with Gasteiger partial charge in [0.05, 0.1) is 12.1 Å². The van der Waals surface area contributed by atoms with Crippen molar-refractivity contribution in [2.75, 3.05) is 13.1 Å². The second-order valence-corrected chi connectivity index (χ2v) is 5.06. The number of rotatable bonds is 1. The van der Waals surface area contributed by atoms with Gasteiger partial charge in [-0.05, 0) is 20.8 Å². The van der Waals surface area contributed by atoms with E-state index in [4.69, 9.17) is 5.73 Å². The summed E-state index contributed by atoms with van der Waals surface area (Å²) in [4.78, 5) is 11.3. The molecule has 4 heteroatoms. The molecule has 1 heterocycles. The van der Waals surface area contributed by atoms with Gasteiger partial charge in [0.15, 0.2) is 0 Å². The average molecular weight is 200 g/mol. The number of carbonyl (C=O) groups is 1. The summed E-state index contributed by atoms with van der Waals surface area (Å²) in [7, 11) is 0. The Morgan fingerprint density at radius 3 is 2.43 bits per heavy atom. The van der Waals surface area contributed by atoms with E-state index in [-0.39, 0.29) is 16.1 Å². The number of likely N-dealkylation sites (tertiary alicyclic amines) is 1. The molecule has 0 spiro atoms. The maximum absolute atomic E-state index is 11.3. The van der Waals surface area contributed by atoms with Gasteiger partial charge in [-0.25, -0.2) is 0 Å². The Morgan fingerprint density at radius 2 is 2.14 bits per heavy atom. The van der Waals surface area contributed by atoms with Crippen LogP contribution in [0.1, 0.15) is 33.6 Å². The first-order chi connectivity index (χ1) is 6.36. The summed E-state index contributed by atoms with van der Waals surface area (Å²) < 4.78 is 0.0174. The molecule has 1 rings (SSSR count). The molecule has 1 unspecified atom stereocenters. The van der Waals surface area contributed by atoms with Crippen molar-refractivity contribution in [3.8, 4) is 0 Å². The van der Waals surface area contributed by atoms with Crippen LogP contribution in [0.2, 0.25) is 0 Å². The number of hydrogen-bond acceptors (Lipinski definition) is 3. The van der Waals surface area contributed by atoms with Gasteiger partial charge in [0.25, 0.3) is 6.09 Å². The number of carboxylic acid groups (broad SMARTS) is 1. The van der Waals surface area contributed by atoms with Gasteiger partial charge in [0, 0.05) is 19.4 Å². The number of hydrogen-bond donors (Lipinski definition) is 1. The average Bonchev–Trinajstić information content (AvgIpc) is 2.46. The summed E-state index contributed by atoms with van der Waals surface area (Å²) in [6, 6.07) is 0.0139. The van der Waals surface area contributed by atoms with Crippen LogP contribution in [0.5, 0.6) is 0 Å². The molecule has 4 nitrogen and oxygen atoms in total. The molecule has 14 heavy (non-hydrogen) atoms. The Morgan fingerprint density at radius 1 is 1.57 bits per heavy atom. The first-order valence-electron chi connectivity index (χ1n) is 5.15. The molecule has 0 aliphatic carbocycles. The van der Waals surface area contributed by atoms with Crippen molar-refractivity contribution in [2.45, 2.75) is 45.2 Å². The molecule has 1 amide bonds. The van der Waals surface area contributed by atoms with Crippen molar-refractivity contribution < 1.29 is 14.4 Å². The van der Waals surface area contributed by atoms with Gasteiger partial charge in [-0.2, -0.15) is 0 Å². The lowest BCUT2D eigenvalue weighted by molar-refractivity contribution is -0.928. The number of nitrogens with two attached hydrogens (primary N) is 1. The fourth-order valence-corrected chi connectivity index (χ4v) is 2.67. The highest BCUT2D eigenvalue weighted by Crippen LogP contribution is 2.35. The van der Waals surface area contributed by atoms with Crippen LogP contribution in [0.15, 0.2) is 0 Å². The lowest BCUT2D eigenvalue weighted by Gasteiger charge is -2.49. The largest absolute Gasteiger partial charge is 0.498 e. The molecular formula is C10H20N2O2. The van der Waals surface area contributed by atoms with Crippen molar-refractivity contribution in [3.05, 3.63) is 0 Å². The highest BCUT2D eigenvalue weighted by Gasteiger charge is 2.51. The first kappa shape index (κ1) is 11.5. The predicted octanol–water partition coefficient (Wildman–Crippen LogP) is 0.0661. The number of amides is 1. The maximum atomic E-state index is 11.3. The third-order valence-electron chi connectivity index (χ3n) is 3.47. The van der Waals surface area contributed by atoms with E-state index >= 15 is 0 Å². The van der Waals surface area contributed by atoms with Crippen LogP contribution in [0, 0.1) is 0 Å². The van der Waals surface area contributed by atoms with Crippen molar-refractivity contribution in [2.24, 2.45) is 5.73 Å². The second-order valence-electron chi connectivity index (χ2n) is 5.06. The Hall–Kier alpha value is -0.610. The van der Waals surface area contributed by atoms with Crippen molar-refractivity contribution >= 4 is 6.09 Å². The van der Waals surface area contributed by atoms with E-state index < -0.39 is 6.09 Å². The lowest BCUT2D eigenvalue weighted by atomic mass is 10.00. The predicted molar refractivity (Wildman–Crippen MR) is 52.4 cm³/mol. The summed E-state index contributed by atoms with van der Waals surface area (Å²) in [6.45, 7) is 6.89. The van der Waals surface area contributed by atoms with E-state index in [0.717, 1.165) is 12.8 Å². The summed E-state index contributed by atoms with van der Waals surface area (Å²) in [5.74, 6) is 0. The fraction of sp³-hybridized carbons (Fsp3) is 0.900. The molecule has 0 aromatic rings. The van der Waals surface area contributed by atoms with Gasteiger partial charge in [-0.1, -0.05) is 0 Å². The van der Waals surface area contributed by atoms with E-state index in [9.17, 15) is 9.90 Å². The van der Waals surface area contributed by atoms with E-state index in [1.807, 2.05) is 20.8 Å². The van der Waals surface area contributed by atoms with E-state index in [1.165, 1.54) is 0 Å². The Kier molecular flexibility index (Phi) is 2.88. The minimum absolute atomic E-state index is 0.0139. The standard InChI is InChI=1S/C10H20N2O2/c1-10(2,3)12(9(13)14)6-4-5-8(12)7-11/h8H,4-7,11H2,1-3H3/t8-,12?/m1/s1. The molecule has 0 bridgehead atoms. The minimum atomic E-state index is -0.981. The molecule has 1 saturated heterocycles. The Balaban J connectivity index is 3.10. The molecule has 1 aliphatic heterocycles. The van der Waals surface area contributed by atoms with Gasteiger partial charge in [0.1, 0.15) is 6.04 Å². The zero-order chi connectivity index (χ0) is 11.0. The maximum Gasteiger partial charge on any atom is 0.258 e. The zero-order valence-electron chi connectivity index (χ0n) is 9.25. The SMILES string of the molecule is CC(C)(C)[N+]1(C(=O)[O-])CCC[C@@H]1CN. The van der Waals surface area contributed by atoms with Crippen molar-refractivity contribution in [3.63, 3.8) is 0 Å². The molecule has 1 fully saturated rings. The highest BCUT2D eigenvalue weighted by atomic mass is 16.4. The molecule has 0 aromatic carbocycles. The number of carbonyl (C=O) groups excluding carboxylic acids is 1. The van der Waals surface area contributed by atoms with Gasteiger partial charge < -0.3 is 15.6 Å². The Bertz CT molecular complexity index is 235. The van der Waals surface area contributed by atoms with Crippen molar-refractivity contribution in [1.82, 2.24) is 0 Å². The minimum Gasteiger partial charge on any atom is -0.498 e. The molecule has 2 atom stereocenters. The molecule has 0 saturated carbocycles. The fourth-order valence-electron chi connectivity index (χ4n) is 2.67. The zero-order valence-corrected chi connectivity index (χ0v) is 9.25. The van der Waals surface area contributed by atoms with Crippen LogP contribution < -0.4 is 10.8 Å². The second kappa shape index (κ2) is 3.51. The van der Waals surface area contributed by atoms with Gasteiger partial charge >= 0.3 is 0 Å². The molecule has 0 aromatic heterocycles. The number of nitrogens with zero attached hydrogens (tertiary/aromatic N) is 1. The van der Waals surface area contributed by atoms with E-state index in [1.54, 1.807) is 0 Å². The molecular weight excluding hydrogens is 180 g/mol. The van der Waals surface area contributed by atoms with Crippen LogP contribution in [0.3, 0.4) is 0 Å². The topological polar surface area (TPSA) is 66.1 Å².